The molecule has 0 aromatic rings. The predicted molar refractivity (Wildman–Crippen MR) is 86.5 cm³/mol. The van der Waals surface area contributed by atoms with Gasteiger partial charge in [-0.25, -0.2) is 0 Å². The Morgan fingerprint density at radius 1 is 1.19 bits per heavy atom. The number of ketones is 1. The van der Waals surface area contributed by atoms with Crippen molar-refractivity contribution in [3.05, 3.63) is 11.6 Å². The molecule has 0 radical (unpaired) electrons. The molecule has 2 atom stereocenters. The van der Waals surface area contributed by atoms with Gasteiger partial charge in [0.25, 0.3) is 0 Å². The molecule has 2 saturated heterocycles. The van der Waals surface area contributed by atoms with Crippen LogP contribution >= 0.6 is 23.5 Å². The molecule has 5 heteroatoms. The predicted octanol–water partition coefficient (Wildman–Crippen LogP) is 3.24. The normalized spacial score (nSPS) is 39.6. The van der Waals surface area contributed by atoms with Crippen molar-refractivity contribution in [2.24, 2.45) is 11.3 Å². The molecule has 2 heterocycles. The van der Waals surface area contributed by atoms with Gasteiger partial charge in [-0.3, -0.25) is 4.79 Å². The molecule has 4 aliphatic rings. The number of fused-ring (bicyclic) bond motifs is 1. The van der Waals surface area contributed by atoms with Crippen molar-refractivity contribution in [1.82, 2.24) is 0 Å². The van der Waals surface area contributed by atoms with Crippen LogP contribution in [0.4, 0.5) is 0 Å². The van der Waals surface area contributed by atoms with Crippen molar-refractivity contribution < 1.29 is 14.3 Å². The maximum Gasteiger partial charge on any atom is 0.167 e. The average Bonchev–Trinajstić information content (AvgIpc) is 3.14. The van der Waals surface area contributed by atoms with Gasteiger partial charge in [-0.15, -0.1) is 23.5 Å². The molecule has 4 rings (SSSR count). The highest BCUT2D eigenvalue weighted by molar-refractivity contribution is 8.21. The zero-order valence-corrected chi connectivity index (χ0v) is 14.1. The van der Waals surface area contributed by atoms with E-state index in [1.165, 1.54) is 17.1 Å². The molecule has 116 valence electrons. The van der Waals surface area contributed by atoms with E-state index >= 15 is 0 Å². The van der Waals surface area contributed by atoms with Crippen LogP contribution < -0.4 is 0 Å². The second-order valence-corrected chi connectivity index (χ2v) is 9.74. The molecular weight excluding hydrogens is 304 g/mol. The van der Waals surface area contributed by atoms with Crippen molar-refractivity contribution in [2.45, 2.75) is 43.0 Å². The van der Waals surface area contributed by atoms with Crippen LogP contribution in [0, 0.1) is 11.3 Å². The lowest BCUT2D eigenvalue weighted by Gasteiger charge is -2.46. The maximum absolute atomic E-state index is 13.1. The summed E-state index contributed by atoms with van der Waals surface area (Å²) in [7, 11) is 0. The third-order valence-electron chi connectivity index (χ3n) is 5.43. The third-order valence-corrected chi connectivity index (χ3v) is 8.84. The highest BCUT2D eigenvalue weighted by atomic mass is 32.2. The van der Waals surface area contributed by atoms with Crippen LogP contribution in [0.3, 0.4) is 0 Å². The summed E-state index contributed by atoms with van der Waals surface area (Å²) in [5.74, 6) is 2.78. The zero-order chi connectivity index (χ0) is 14.5. The summed E-state index contributed by atoms with van der Waals surface area (Å²) in [6.07, 6.45) is 6.18. The number of ether oxygens (including phenoxy) is 2. The van der Waals surface area contributed by atoms with Crippen molar-refractivity contribution in [3.63, 3.8) is 0 Å². The van der Waals surface area contributed by atoms with Crippen LogP contribution in [0.15, 0.2) is 11.6 Å². The SMILES string of the molecule is C[C@]12CCC3(C=C1CC[C@@H](C1OCCO1)C2=O)SCCS3. The van der Waals surface area contributed by atoms with Crippen LogP contribution in [-0.2, 0) is 14.3 Å². The highest BCUT2D eigenvalue weighted by Gasteiger charge is 2.52. The zero-order valence-electron chi connectivity index (χ0n) is 12.4. The first-order chi connectivity index (χ1) is 10.1. The van der Waals surface area contributed by atoms with Crippen LogP contribution in [0.1, 0.15) is 32.6 Å². The minimum absolute atomic E-state index is 0.0624. The molecule has 1 spiro atoms. The van der Waals surface area contributed by atoms with Gasteiger partial charge in [-0.2, -0.15) is 0 Å². The van der Waals surface area contributed by atoms with E-state index in [-0.39, 0.29) is 21.7 Å². The topological polar surface area (TPSA) is 35.5 Å². The molecule has 0 unspecified atom stereocenters. The number of allylic oxidation sites excluding steroid dienone is 1. The molecule has 3 fully saturated rings. The van der Waals surface area contributed by atoms with E-state index in [2.05, 4.69) is 36.5 Å². The van der Waals surface area contributed by atoms with Gasteiger partial charge in [0.05, 0.1) is 23.2 Å². The highest BCUT2D eigenvalue weighted by Crippen LogP contribution is 2.58. The molecule has 0 N–H and O–H groups in total. The van der Waals surface area contributed by atoms with Crippen molar-refractivity contribution in [2.75, 3.05) is 24.7 Å². The first-order valence-corrected chi connectivity index (χ1v) is 9.88. The summed E-state index contributed by atoms with van der Waals surface area (Å²) in [5, 5.41) is 0. The smallest absolute Gasteiger partial charge is 0.167 e. The number of rotatable bonds is 1. The van der Waals surface area contributed by atoms with Gasteiger partial charge in [-0.1, -0.05) is 11.6 Å². The fourth-order valence-corrected chi connectivity index (χ4v) is 7.26. The first kappa shape index (κ1) is 14.6. The summed E-state index contributed by atoms with van der Waals surface area (Å²) in [6, 6.07) is 0. The summed E-state index contributed by atoms with van der Waals surface area (Å²) in [6.45, 7) is 3.41. The molecule has 0 aromatic carbocycles. The van der Waals surface area contributed by atoms with Gasteiger partial charge in [0, 0.05) is 16.9 Å². The lowest BCUT2D eigenvalue weighted by molar-refractivity contribution is -0.150. The number of carbonyl (C=O) groups is 1. The molecule has 2 aliphatic heterocycles. The lowest BCUT2D eigenvalue weighted by Crippen LogP contribution is -2.47. The Morgan fingerprint density at radius 3 is 2.62 bits per heavy atom. The Morgan fingerprint density at radius 2 is 1.90 bits per heavy atom. The van der Waals surface area contributed by atoms with Gasteiger partial charge in [0.15, 0.2) is 12.1 Å². The molecule has 3 nitrogen and oxygen atoms in total. The Kier molecular flexibility index (Phi) is 3.68. The monoisotopic (exact) mass is 326 g/mol. The van der Waals surface area contributed by atoms with Gasteiger partial charge in [-0.05, 0) is 32.6 Å². The fourth-order valence-electron chi connectivity index (χ4n) is 4.13. The molecule has 21 heavy (non-hydrogen) atoms. The Bertz CT molecular complexity index is 478. The second-order valence-electron chi connectivity index (χ2n) is 6.63. The van der Waals surface area contributed by atoms with Gasteiger partial charge >= 0.3 is 0 Å². The molecule has 1 saturated carbocycles. The Balaban J connectivity index is 1.61. The number of Topliss-reactive ketones (excluding diaryl/α,β-unsaturated/α-hetero) is 1. The van der Waals surface area contributed by atoms with Gasteiger partial charge in [0.1, 0.15) is 0 Å². The quantitative estimate of drug-likeness (QED) is 0.691. The summed E-state index contributed by atoms with van der Waals surface area (Å²) in [4.78, 5) is 13.1. The van der Waals surface area contributed by atoms with Crippen LogP contribution in [0.2, 0.25) is 0 Å². The standard InChI is InChI=1S/C16H22O3S2/c1-15-4-5-16(20-8-9-21-16)10-11(15)2-3-12(13(15)17)14-18-6-7-19-14/h10,12,14H,2-9H2,1H3/t12-,15+/m1/s1. The van der Waals surface area contributed by atoms with Crippen LogP contribution in [0.25, 0.3) is 0 Å². The molecular formula is C16H22O3S2. The molecule has 2 aliphatic carbocycles. The maximum atomic E-state index is 13.1. The largest absolute Gasteiger partial charge is 0.349 e. The Labute approximate surface area is 134 Å². The van der Waals surface area contributed by atoms with Crippen LogP contribution in [-0.4, -0.2) is 40.9 Å². The Hall–Kier alpha value is 0.0300. The fraction of sp³-hybridized carbons (Fsp3) is 0.812. The summed E-state index contributed by atoms with van der Waals surface area (Å²) in [5.41, 5.74) is 1.11. The minimum Gasteiger partial charge on any atom is -0.349 e. The van der Waals surface area contributed by atoms with Crippen molar-refractivity contribution >= 4 is 29.3 Å². The minimum atomic E-state index is -0.290. The molecule has 0 bridgehead atoms. The third kappa shape index (κ3) is 2.32. The second kappa shape index (κ2) is 5.29. The summed E-state index contributed by atoms with van der Waals surface area (Å²) >= 11 is 4.15. The number of hydrogen-bond acceptors (Lipinski definition) is 5. The first-order valence-electron chi connectivity index (χ1n) is 7.91. The van der Waals surface area contributed by atoms with Gasteiger partial charge in [0.2, 0.25) is 0 Å². The van der Waals surface area contributed by atoms with E-state index in [0.717, 1.165) is 25.7 Å². The van der Waals surface area contributed by atoms with Crippen molar-refractivity contribution in [3.8, 4) is 0 Å². The van der Waals surface area contributed by atoms with E-state index in [0.29, 0.717) is 19.0 Å². The van der Waals surface area contributed by atoms with Crippen LogP contribution in [0.5, 0.6) is 0 Å². The number of carbonyl (C=O) groups excluding carboxylic acids is 1. The van der Waals surface area contributed by atoms with Crippen molar-refractivity contribution in [1.29, 1.82) is 0 Å². The molecule has 0 amide bonds. The average molecular weight is 326 g/mol. The van der Waals surface area contributed by atoms with E-state index in [4.69, 9.17) is 9.47 Å². The number of thioether (sulfide) groups is 2. The molecule has 0 aromatic heterocycles. The van der Waals surface area contributed by atoms with E-state index < -0.39 is 0 Å². The lowest BCUT2D eigenvalue weighted by atomic mass is 9.62. The van der Waals surface area contributed by atoms with Gasteiger partial charge < -0.3 is 9.47 Å². The number of hydrogen-bond donors (Lipinski definition) is 0. The van der Waals surface area contributed by atoms with E-state index in [1.807, 2.05) is 0 Å². The van der Waals surface area contributed by atoms with E-state index in [1.54, 1.807) is 0 Å². The summed E-state index contributed by atoms with van der Waals surface area (Å²) < 4.78 is 11.5. The van der Waals surface area contributed by atoms with E-state index in [9.17, 15) is 4.79 Å².